The molecule has 0 unspecified atom stereocenters. The van der Waals surface area contributed by atoms with Gasteiger partial charge in [0.15, 0.2) is 0 Å². The molecule has 0 spiro atoms. The van der Waals surface area contributed by atoms with Gasteiger partial charge in [0.1, 0.15) is 29.5 Å². The maximum Gasteiger partial charge on any atom is 0.142 e. The lowest BCUT2D eigenvalue weighted by Gasteiger charge is -2.07. The van der Waals surface area contributed by atoms with Crippen LogP contribution in [0.25, 0.3) is 16.6 Å². The van der Waals surface area contributed by atoms with Gasteiger partial charge in [-0.05, 0) is 18.2 Å². The Hall–Kier alpha value is -3.10. The normalized spacial score (nSPS) is 11.0. The fraction of sp³-hybridized carbons (Fsp3) is 0. The molecule has 5 N–H and O–H groups in total. The van der Waals surface area contributed by atoms with Crippen LogP contribution in [0.2, 0.25) is 10.0 Å². The van der Waals surface area contributed by atoms with Gasteiger partial charge in [-0.3, -0.25) is 0 Å². The molecule has 0 aliphatic heterocycles. The predicted molar refractivity (Wildman–Crippen MR) is 103 cm³/mol. The molecule has 0 atom stereocenters. The highest BCUT2D eigenvalue weighted by molar-refractivity contribution is 6.38. The van der Waals surface area contributed by atoms with Crippen molar-refractivity contribution in [3.63, 3.8) is 0 Å². The standard InChI is InChI=1S/C16H12Cl2N8/c17-10-3-8(19)4-11(18)15(10)26-6-9-12(25-26)1-2-21-16(9)24-14-5-13(20)22-7-23-14/h1-7H,19H2,(H3,20,21,22,23,24). The number of fused-ring (bicyclic) bond motifs is 1. The third kappa shape index (κ3) is 2.96. The van der Waals surface area contributed by atoms with Gasteiger partial charge < -0.3 is 16.8 Å². The monoisotopic (exact) mass is 386 g/mol. The third-order valence-electron chi connectivity index (χ3n) is 3.64. The molecule has 8 nitrogen and oxygen atoms in total. The Labute approximate surface area is 157 Å². The van der Waals surface area contributed by atoms with Crippen molar-refractivity contribution in [3.8, 4) is 5.69 Å². The molecule has 10 heteroatoms. The van der Waals surface area contributed by atoms with Crippen LogP contribution in [0.15, 0.2) is 43.0 Å². The molecule has 3 heterocycles. The van der Waals surface area contributed by atoms with Crippen LogP contribution in [-0.4, -0.2) is 24.7 Å². The number of pyridine rings is 1. The number of anilines is 4. The van der Waals surface area contributed by atoms with E-state index >= 15 is 0 Å². The number of aromatic nitrogens is 5. The van der Waals surface area contributed by atoms with E-state index in [1.807, 2.05) is 0 Å². The number of benzene rings is 1. The van der Waals surface area contributed by atoms with Gasteiger partial charge in [0.2, 0.25) is 0 Å². The Morgan fingerprint density at radius 2 is 1.77 bits per heavy atom. The third-order valence-corrected chi connectivity index (χ3v) is 4.21. The van der Waals surface area contributed by atoms with Crippen LogP contribution in [0.5, 0.6) is 0 Å². The minimum absolute atomic E-state index is 0.353. The molecule has 0 fully saturated rings. The fourth-order valence-electron chi connectivity index (χ4n) is 2.52. The van der Waals surface area contributed by atoms with Crippen LogP contribution >= 0.6 is 23.2 Å². The summed E-state index contributed by atoms with van der Waals surface area (Å²) in [6.45, 7) is 0. The van der Waals surface area contributed by atoms with Crippen LogP contribution in [0.3, 0.4) is 0 Å². The Bertz CT molecular complexity index is 1100. The highest BCUT2D eigenvalue weighted by atomic mass is 35.5. The fourth-order valence-corrected chi connectivity index (χ4v) is 3.20. The van der Waals surface area contributed by atoms with Crippen molar-refractivity contribution in [1.82, 2.24) is 24.7 Å². The first kappa shape index (κ1) is 16.4. The van der Waals surface area contributed by atoms with Gasteiger partial charge in [-0.2, -0.15) is 5.10 Å². The summed E-state index contributed by atoms with van der Waals surface area (Å²) in [5.41, 5.74) is 13.2. The predicted octanol–water partition coefficient (Wildman–Crippen LogP) is 3.43. The Morgan fingerprint density at radius 1 is 1.00 bits per heavy atom. The average Bonchev–Trinajstić information content (AvgIpc) is 2.98. The summed E-state index contributed by atoms with van der Waals surface area (Å²) in [4.78, 5) is 12.3. The molecule has 3 aromatic heterocycles. The number of halogens is 2. The second-order valence-corrected chi connectivity index (χ2v) is 6.27. The molecule has 0 aliphatic rings. The number of hydrogen-bond acceptors (Lipinski definition) is 7. The summed E-state index contributed by atoms with van der Waals surface area (Å²) in [6.07, 6.45) is 4.78. The zero-order valence-electron chi connectivity index (χ0n) is 13.2. The highest BCUT2D eigenvalue weighted by Crippen LogP contribution is 2.33. The van der Waals surface area contributed by atoms with E-state index in [1.165, 1.54) is 6.33 Å². The number of nitrogens with zero attached hydrogens (tertiary/aromatic N) is 5. The van der Waals surface area contributed by atoms with Crippen molar-refractivity contribution in [2.24, 2.45) is 0 Å². The average molecular weight is 387 g/mol. The lowest BCUT2D eigenvalue weighted by molar-refractivity contribution is 0.897. The van der Waals surface area contributed by atoms with Gasteiger partial charge in [0.25, 0.3) is 0 Å². The van der Waals surface area contributed by atoms with Crippen molar-refractivity contribution >= 4 is 57.2 Å². The maximum absolute atomic E-state index is 6.30. The van der Waals surface area contributed by atoms with Gasteiger partial charge in [-0.25, -0.2) is 19.6 Å². The molecule has 4 rings (SSSR count). The summed E-state index contributed by atoms with van der Waals surface area (Å²) in [6, 6.07) is 6.63. The first-order chi connectivity index (χ1) is 12.5. The number of nitrogens with two attached hydrogens (primary N) is 2. The zero-order chi connectivity index (χ0) is 18.3. The number of hydrogen-bond donors (Lipinski definition) is 3. The van der Waals surface area contributed by atoms with E-state index in [0.717, 1.165) is 5.39 Å². The van der Waals surface area contributed by atoms with Gasteiger partial charge >= 0.3 is 0 Å². The maximum atomic E-state index is 6.30. The largest absolute Gasteiger partial charge is 0.399 e. The van der Waals surface area contributed by atoms with E-state index < -0.39 is 0 Å². The quantitative estimate of drug-likeness (QED) is 0.461. The SMILES string of the molecule is Nc1cc(Cl)c(-n2cc3c(Nc4cc(N)ncn4)nccc3n2)c(Cl)c1. The van der Waals surface area contributed by atoms with Crippen LogP contribution in [0.4, 0.5) is 23.1 Å². The number of nitrogens with one attached hydrogen (secondary N) is 1. The van der Waals surface area contributed by atoms with Gasteiger partial charge in [-0.1, -0.05) is 23.2 Å². The molecule has 0 saturated heterocycles. The first-order valence-electron chi connectivity index (χ1n) is 7.45. The van der Waals surface area contributed by atoms with Gasteiger partial charge in [0.05, 0.1) is 20.9 Å². The van der Waals surface area contributed by atoms with Crippen LogP contribution < -0.4 is 16.8 Å². The van der Waals surface area contributed by atoms with E-state index in [2.05, 4.69) is 25.4 Å². The van der Waals surface area contributed by atoms with E-state index in [4.69, 9.17) is 34.7 Å². The van der Waals surface area contributed by atoms with Crippen molar-refractivity contribution in [2.75, 3.05) is 16.8 Å². The molecule has 0 aliphatic carbocycles. The van der Waals surface area contributed by atoms with E-state index in [-0.39, 0.29) is 0 Å². The Morgan fingerprint density at radius 3 is 2.50 bits per heavy atom. The highest BCUT2D eigenvalue weighted by Gasteiger charge is 2.14. The lowest BCUT2D eigenvalue weighted by atomic mass is 10.3. The molecule has 0 bridgehead atoms. The zero-order valence-corrected chi connectivity index (χ0v) is 14.7. The Balaban J connectivity index is 1.81. The molecule has 0 amide bonds. The second kappa shape index (κ2) is 6.32. The number of rotatable bonds is 3. The molecule has 0 radical (unpaired) electrons. The van der Waals surface area contributed by atoms with Gasteiger partial charge in [-0.15, -0.1) is 0 Å². The van der Waals surface area contributed by atoms with Crippen molar-refractivity contribution < 1.29 is 0 Å². The summed E-state index contributed by atoms with van der Waals surface area (Å²) in [5, 5.41) is 9.19. The molecular formula is C16H12Cl2N8. The van der Waals surface area contributed by atoms with E-state index in [1.54, 1.807) is 41.3 Å². The summed E-state index contributed by atoms with van der Waals surface area (Å²) >= 11 is 12.6. The summed E-state index contributed by atoms with van der Waals surface area (Å²) < 4.78 is 1.59. The van der Waals surface area contributed by atoms with Crippen LogP contribution in [-0.2, 0) is 0 Å². The van der Waals surface area contributed by atoms with E-state index in [0.29, 0.717) is 44.4 Å². The van der Waals surface area contributed by atoms with Crippen molar-refractivity contribution in [3.05, 3.63) is 53.0 Å². The minimum Gasteiger partial charge on any atom is -0.399 e. The minimum atomic E-state index is 0.353. The molecule has 130 valence electrons. The first-order valence-corrected chi connectivity index (χ1v) is 8.20. The smallest absolute Gasteiger partial charge is 0.142 e. The summed E-state index contributed by atoms with van der Waals surface area (Å²) in [5.74, 6) is 1.44. The summed E-state index contributed by atoms with van der Waals surface area (Å²) in [7, 11) is 0. The van der Waals surface area contributed by atoms with Crippen molar-refractivity contribution in [2.45, 2.75) is 0 Å². The second-order valence-electron chi connectivity index (χ2n) is 5.45. The van der Waals surface area contributed by atoms with Crippen molar-refractivity contribution in [1.29, 1.82) is 0 Å². The Kier molecular flexibility index (Phi) is 3.98. The molecule has 0 saturated carbocycles. The molecule has 1 aromatic carbocycles. The molecule has 4 aromatic rings. The number of nitrogen functional groups attached to an aromatic ring is 2. The van der Waals surface area contributed by atoms with Gasteiger partial charge in [0, 0.05) is 24.1 Å². The van der Waals surface area contributed by atoms with E-state index in [9.17, 15) is 0 Å². The topological polar surface area (TPSA) is 121 Å². The van der Waals surface area contributed by atoms with Crippen LogP contribution in [0, 0.1) is 0 Å². The lowest BCUT2D eigenvalue weighted by Crippen LogP contribution is -1.99. The van der Waals surface area contributed by atoms with Crippen LogP contribution in [0.1, 0.15) is 0 Å². The molecular weight excluding hydrogens is 375 g/mol. The molecule has 26 heavy (non-hydrogen) atoms.